The molecule has 2 heterocycles. The first-order chi connectivity index (χ1) is 15.5. The van der Waals surface area contributed by atoms with Crippen molar-refractivity contribution >= 4 is 11.7 Å². The minimum absolute atomic E-state index is 0.202. The number of para-hydroxylation sites is 1. The molecule has 0 radical (unpaired) electrons. The van der Waals surface area contributed by atoms with E-state index in [1.165, 1.54) is 41.3 Å². The van der Waals surface area contributed by atoms with E-state index in [2.05, 4.69) is 5.32 Å². The molecule has 0 bridgehead atoms. The Balaban J connectivity index is 1.65. The molecule has 0 saturated carbocycles. The SMILES string of the molecule is O=C(Nc1ccc(F)cc1)N1Cc2ccccc2-n2cccc2[C@@H]1c1cc(F)cc(F)c1. The monoisotopic (exact) mass is 433 g/mol. The normalized spacial score (nSPS) is 15.0. The summed E-state index contributed by atoms with van der Waals surface area (Å²) in [5.41, 5.74) is 3.16. The Bertz CT molecular complexity index is 1280. The molecule has 32 heavy (non-hydrogen) atoms. The van der Waals surface area contributed by atoms with Gasteiger partial charge >= 0.3 is 6.03 Å². The summed E-state index contributed by atoms with van der Waals surface area (Å²) in [6.45, 7) is 0.202. The number of rotatable bonds is 2. The highest BCUT2D eigenvalue weighted by molar-refractivity contribution is 5.90. The fourth-order valence-corrected chi connectivity index (χ4v) is 4.15. The number of carbonyl (C=O) groups is 1. The van der Waals surface area contributed by atoms with Crippen molar-refractivity contribution in [2.45, 2.75) is 12.6 Å². The van der Waals surface area contributed by atoms with Gasteiger partial charge in [0.1, 0.15) is 17.5 Å². The third-order valence-electron chi connectivity index (χ3n) is 5.52. The van der Waals surface area contributed by atoms with Gasteiger partial charge in [-0.15, -0.1) is 0 Å². The van der Waals surface area contributed by atoms with Crippen molar-refractivity contribution in [1.29, 1.82) is 0 Å². The Morgan fingerprint density at radius 3 is 2.31 bits per heavy atom. The number of aromatic nitrogens is 1. The average Bonchev–Trinajstić information content (AvgIpc) is 3.18. The molecule has 4 nitrogen and oxygen atoms in total. The topological polar surface area (TPSA) is 37.3 Å². The highest BCUT2D eigenvalue weighted by Crippen LogP contribution is 2.37. The molecule has 2 amide bonds. The van der Waals surface area contributed by atoms with E-state index in [4.69, 9.17) is 0 Å². The van der Waals surface area contributed by atoms with E-state index in [9.17, 15) is 18.0 Å². The molecule has 0 unspecified atom stereocenters. The molecule has 1 atom stereocenters. The molecule has 5 rings (SSSR count). The molecule has 0 spiro atoms. The zero-order chi connectivity index (χ0) is 22.2. The Hall–Kier alpha value is -4.00. The van der Waals surface area contributed by atoms with Crippen molar-refractivity contribution in [3.8, 4) is 5.69 Å². The average molecular weight is 433 g/mol. The van der Waals surface area contributed by atoms with Crippen LogP contribution in [-0.4, -0.2) is 15.5 Å². The minimum Gasteiger partial charge on any atom is -0.318 e. The van der Waals surface area contributed by atoms with Gasteiger partial charge in [0.05, 0.1) is 18.3 Å². The van der Waals surface area contributed by atoms with Crippen LogP contribution in [0, 0.1) is 17.5 Å². The molecule has 7 heteroatoms. The van der Waals surface area contributed by atoms with E-state index < -0.39 is 29.5 Å². The Labute approximate surface area is 182 Å². The zero-order valence-electron chi connectivity index (χ0n) is 16.8. The van der Waals surface area contributed by atoms with Crippen molar-refractivity contribution in [1.82, 2.24) is 9.47 Å². The van der Waals surface area contributed by atoms with Gasteiger partial charge in [-0.05, 0) is 65.7 Å². The molecule has 0 aliphatic carbocycles. The van der Waals surface area contributed by atoms with E-state index in [0.29, 0.717) is 16.9 Å². The quantitative estimate of drug-likeness (QED) is 0.412. The molecule has 1 aliphatic heterocycles. The second kappa shape index (κ2) is 7.92. The lowest BCUT2D eigenvalue weighted by Gasteiger charge is -2.31. The van der Waals surface area contributed by atoms with E-state index in [1.54, 1.807) is 0 Å². The number of benzene rings is 3. The maximum Gasteiger partial charge on any atom is 0.322 e. The van der Waals surface area contributed by atoms with Gasteiger partial charge in [0.15, 0.2) is 0 Å². The van der Waals surface area contributed by atoms with Crippen molar-refractivity contribution in [3.05, 3.63) is 119 Å². The molecule has 1 N–H and O–H groups in total. The Morgan fingerprint density at radius 2 is 1.56 bits per heavy atom. The van der Waals surface area contributed by atoms with Gasteiger partial charge in [-0.2, -0.15) is 0 Å². The van der Waals surface area contributed by atoms with Crippen LogP contribution < -0.4 is 5.32 Å². The first kappa shape index (κ1) is 19.9. The number of halogens is 3. The first-order valence-electron chi connectivity index (χ1n) is 10.0. The number of fused-ring (bicyclic) bond motifs is 3. The van der Waals surface area contributed by atoms with Crippen LogP contribution in [0.3, 0.4) is 0 Å². The lowest BCUT2D eigenvalue weighted by molar-refractivity contribution is 0.194. The predicted octanol–water partition coefficient (Wildman–Crippen LogP) is 6.03. The highest BCUT2D eigenvalue weighted by Gasteiger charge is 2.33. The van der Waals surface area contributed by atoms with E-state index in [-0.39, 0.29) is 6.54 Å². The summed E-state index contributed by atoms with van der Waals surface area (Å²) in [5.74, 6) is -1.87. The number of nitrogens with zero attached hydrogens (tertiary/aromatic N) is 2. The number of hydrogen-bond donors (Lipinski definition) is 1. The fourth-order valence-electron chi connectivity index (χ4n) is 4.15. The first-order valence-corrected chi connectivity index (χ1v) is 10.0. The molecule has 0 saturated heterocycles. The summed E-state index contributed by atoms with van der Waals surface area (Å²) in [6.07, 6.45) is 1.86. The Morgan fingerprint density at radius 1 is 0.844 bits per heavy atom. The molecule has 0 fully saturated rings. The van der Waals surface area contributed by atoms with Gasteiger partial charge in [-0.25, -0.2) is 18.0 Å². The van der Waals surface area contributed by atoms with Gasteiger partial charge < -0.3 is 14.8 Å². The van der Waals surface area contributed by atoms with Crippen LogP contribution >= 0.6 is 0 Å². The van der Waals surface area contributed by atoms with Crippen LogP contribution in [0.25, 0.3) is 5.69 Å². The van der Waals surface area contributed by atoms with E-state index in [1.807, 2.05) is 47.2 Å². The minimum atomic E-state index is -0.761. The van der Waals surface area contributed by atoms with Gasteiger partial charge in [-0.3, -0.25) is 0 Å². The van der Waals surface area contributed by atoms with Crippen LogP contribution in [-0.2, 0) is 6.54 Å². The molecule has 160 valence electrons. The van der Waals surface area contributed by atoms with Crippen molar-refractivity contribution in [3.63, 3.8) is 0 Å². The third kappa shape index (κ3) is 3.62. The number of carbonyl (C=O) groups excluding carboxylic acids is 1. The van der Waals surface area contributed by atoms with Crippen LogP contribution in [0.5, 0.6) is 0 Å². The van der Waals surface area contributed by atoms with E-state index >= 15 is 0 Å². The molecular formula is C25H18F3N3O. The fraction of sp³-hybridized carbons (Fsp3) is 0.0800. The van der Waals surface area contributed by atoms with Gasteiger partial charge in [0.2, 0.25) is 0 Å². The van der Waals surface area contributed by atoms with Crippen LogP contribution in [0.4, 0.5) is 23.7 Å². The van der Waals surface area contributed by atoms with Crippen molar-refractivity contribution in [2.24, 2.45) is 0 Å². The van der Waals surface area contributed by atoms with E-state index in [0.717, 1.165) is 17.3 Å². The third-order valence-corrected chi connectivity index (χ3v) is 5.52. The van der Waals surface area contributed by atoms with Crippen molar-refractivity contribution in [2.75, 3.05) is 5.32 Å². The summed E-state index contributed by atoms with van der Waals surface area (Å²) >= 11 is 0. The molecule has 3 aromatic carbocycles. The van der Waals surface area contributed by atoms with Gasteiger partial charge in [0.25, 0.3) is 0 Å². The van der Waals surface area contributed by atoms with Crippen LogP contribution in [0.2, 0.25) is 0 Å². The number of hydrogen-bond acceptors (Lipinski definition) is 1. The summed E-state index contributed by atoms with van der Waals surface area (Å²) in [5, 5.41) is 2.77. The van der Waals surface area contributed by atoms with Crippen LogP contribution in [0.15, 0.2) is 85.1 Å². The number of nitrogens with one attached hydrogen (secondary N) is 1. The standard InChI is InChI=1S/C25H18F3N3O/c26-18-7-9-21(10-8-18)29-25(32)31-15-16-4-1-2-5-22(16)30-11-3-6-23(30)24(31)17-12-19(27)14-20(28)13-17/h1-14,24H,15H2,(H,29,32)/t24-/m0/s1. The highest BCUT2D eigenvalue weighted by atomic mass is 19.1. The van der Waals surface area contributed by atoms with Gasteiger partial charge in [0, 0.05) is 23.6 Å². The second-order valence-electron chi connectivity index (χ2n) is 7.60. The van der Waals surface area contributed by atoms with Crippen molar-refractivity contribution < 1.29 is 18.0 Å². The lowest BCUT2D eigenvalue weighted by atomic mass is 10.0. The number of anilines is 1. The van der Waals surface area contributed by atoms with Crippen LogP contribution in [0.1, 0.15) is 22.9 Å². The zero-order valence-corrected chi connectivity index (χ0v) is 16.8. The summed E-state index contributed by atoms with van der Waals surface area (Å²) in [4.78, 5) is 14.9. The molecule has 4 aromatic rings. The van der Waals surface area contributed by atoms with Gasteiger partial charge in [-0.1, -0.05) is 18.2 Å². The predicted molar refractivity (Wildman–Crippen MR) is 115 cm³/mol. The Kier molecular flexibility index (Phi) is 4.93. The molecule has 1 aliphatic rings. The summed E-state index contributed by atoms with van der Waals surface area (Å²) < 4.78 is 43.5. The number of amides is 2. The maximum atomic E-state index is 14.2. The summed E-state index contributed by atoms with van der Waals surface area (Å²) in [6, 6.07) is 18.7. The number of urea groups is 1. The molecular weight excluding hydrogens is 415 g/mol. The smallest absolute Gasteiger partial charge is 0.318 e. The largest absolute Gasteiger partial charge is 0.322 e. The lowest BCUT2D eigenvalue weighted by Crippen LogP contribution is -2.38. The second-order valence-corrected chi connectivity index (χ2v) is 7.60. The maximum absolute atomic E-state index is 14.2. The summed E-state index contributed by atoms with van der Waals surface area (Å²) in [7, 11) is 0. The molecule has 1 aromatic heterocycles.